The standard InChI is InChI=1S/C15H26N4S/c1(2-14-12-16-17-13-14)5-18-6-3-15(4-7-18)19-8-10-20-11-9-19/h12-13,15H,1-11H2,(H,16,17). The summed E-state index contributed by atoms with van der Waals surface area (Å²) >= 11 is 2.11. The van der Waals surface area contributed by atoms with Crippen LogP contribution in [0.15, 0.2) is 12.4 Å². The van der Waals surface area contributed by atoms with Crippen LogP contribution in [0.3, 0.4) is 0 Å². The molecule has 2 fully saturated rings. The summed E-state index contributed by atoms with van der Waals surface area (Å²) in [5, 5.41) is 6.89. The lowest BCUT2D eigenvalue weighted by Crippen LogP contribution is -2.47. The molecule has 1 aromatic heterocycles. The first kappa shape index (κ1) is 14.4. The van der Waals surface area contributed by atoms with E-state index in [1.165, 1.54) is 69.1 Å². The number of aromatic amines is 1. The first-order chi connectivity index (χ1) is 9.92. The number of aromatic nitrogens is 2. The van der Waals surface area contributed by atoms with Crippen LogP contribution in [0.2, 0.25) is 0 Å². The molecule has 5 heteroatoms. The SMILES string of the molecule is c1n[nH]cc1CCCN1CCC(N2CCSCC2)CC1. The second kappa shape index (κ2) is 7.48. The first-order valence-electron chi connectivity index (χ1n) is 7.93. The van der Waals surface area contributed by atoms with Gasteiger partial charge < -0.3 is 4.90 Å². The largest absolute Gasteiger partial charge is 0.303 e. The van der Waals surface area contributed by atoms with Crippen LogP contribution in [-0.2, 0) is 6.42 Å². The number of hydrogen-bond donors (Lipinski definition) is 1. The van der Waals surface area contributed by atoms with Crippen molar-refractivity contribution in [2.75, 3.05) is 44.2 Å². The third-order valence-corrected chi connectivity index (χ3v) is 5.56. The van der Waals surface area contributed by atoms with Gasteiger partial charge in [0.25, 0.3) is 0 Å². The summed E-state index contributed by atoms with van der Waals surface area (Å²) in [7, 11) is 0. The van der Waals surface area contributed by atoms with Crippen molar-refractivity contribution in [2.24, 2.45) is 0 Å². The van der Waals surface area contributed by atoms with E-state index in [1.807, 2.05) is 12.4 Å². The molecule has 2 saturated heterocycles. The lowest BCUT2D eigenvalue weighted by Gasteiger charge is -2.40. The summed E-state index contributed by atoms with van der Waals surface area (Å²) in [4.78, 5) is 5.38. The van der Waals surface area contributed by atoms with E-state index in [1.54, 1.807) is 0 Å². The van der Waals surface area contributed by atoms with Gasteiger partial charge in [0, 0.05) is 36.8 Å². The molecule has 1 N–H and O–H groups in total. The Labute approximate surface area is 126 Å². The van der Waals surface area contributed by atoms with Crippen molar-refractivity contribution >= 4 is 11.8 Å². The predicted octanol–water partition coefficient (Wildman–Crippen LogP) is 1.86. The minimum atomic E-state index is 0.862. The molecule has 0 amide bonds. The maximum Gasteiger partial charge on any atom is 0.0519 e. The van der Waals surface area contributed by atoms with Gasteiger partial charge in [0.2, 0.25) is 0 Å². The van der Waals surface area contributed by atoms with E-state index in [0.717, 1.165) is 12.5 Å². The Morgan fingerprint density at radius 2 is 2.00 bits per heavy atom. The van der Waals surface area contributed by atoms with Crippen LogP contribution in [-0.4, -0.2) is 70.3 Å². The Morgan fingerprint density at radius 3 is 2.70 bits per heavy atom. The highest BCUT2D eigenvalue weighted by molar-refractivity contribution is 7.99. The van der Waals surface area contributed by atoms with Gasteiger partial charge in [0.05, 0.1) is 6.20 Å². The van der Waals surface area contributed by atoms with Gasteiger partial charge in [-0.3, -0.25) is 10.00 Å². The van der Waals surface area contributed by atoms with Crippen molar-refractivity contribution in [1.82, 2.24) is 20.0 Å². The summed E-state index contributed by atoms with van der Waals surface area (Å²) < 4.78 is 0. The minimum absolute atomic E-state index is 0.862. The number of hydrogen-bond acceptors (Lipinski definition) is 4. The van der Waals surface area contributed by atoms with E-state index in [4.69, 9.17) is 0 Å². The number of rotatable bonds is 5. The molecule has 0 unspecified atom stereocenters. The third kappa shape index (κ3) is 3.99. The molecule has 3 heterocycles. The number of thioether (sulfide) groups is 1. The highest BCUT2D eigenvalue weighted by Crippen LogP contribution is 2.20. The summed E-state index contributed by atoms with van der Waals surface area (Å²) in [6.07, 6.45) is 9.11. The van der Waals surface area contributed by atoms with Gasteiger partial charge in [-0.05, 0) is 50.9 Å². The number of nitrogens with zero attached hydrogens (tertiary/aromatic N) is 3. The van der Waals surface area contributed by atoms with Gasteiger partial charge in [-0.25, -0.2) is 0 Å². The first-order valence-corrected chi connectivity index (χ1v) is 9.09. The fourth-order valence-corrected chi connectivity index (χ4v) is 4.30. The van der Waals surface area contributed by atoms with E-state index < -0.39 is 0 Å². The van der Waals surface area contributed by atoms with Crippen LogP contribution in [0.25, 0.3) is 0 Å². The molecule has 0 radical (unpaired) electrons. The zero-order chi connectivity index (χ0) is 13.6. The predicted molar refractivity (Wildman–Crippen MR) is 85.3 cm³/mol. The molecule has 0 atom stereocenters. The number of nitrogens with one attached hydrogen (secondary N) is 1. The van der Waals surface area contributed by atoms with Crippen LogP contribution in [0.1, 0.15) is 24.8 Å². The normalized spacial score (nSPS) is 23.2. The van der Waals surface area contributed by atoms with E-state index in [-0.39, 0.29) is 0 Å². The Balaban J connectivity index is 1.33. The van der Waals surface area contributed by atoms with Crippen molar-refractivity contribution < 1.29 is 0 Å². The lowest BCUT2D eigenvalue weighted by molar-refractivity contribution is 0.116. The molecule has 112 valence electrons. The van der Waals surface area contributed by atoms with Crippen LogP contribution >= 0.6 is 11.8 Å². The fourth-order valence-electron chi connectivity index (χ4n) is 3.37. The van der Waals surface area contributed by atoms with E-state index in [2.05, 4.69) is 31.8 Å². The number of H-pyrrole nitrogens is 1. The Morgan fingerprint density at radius 1 is 1.20 bits per heavy atom. The Hall–Kier alpha value is -0.520. The molecule has 1 aromatic rings. The molecular weight excluding hydrogens is 268 g/mol. The van der Waals surface area contributed by atoms with Crippen molar-refractivity contribution in [3.05, 3.63) is 18.0 Å². The van der Waals surface area contributed by atoms with Gasteiger partial charge in [-0.15, -0.1) is 0 Å². The molecule has 3 rings (SSSR count). The van der Waals surface area contributed by atoms with Crippen LogP contribution in [0.5, 0.6) is 0 Å². The maximum atomic E-state index is 4.00. The zero-order valence-corrected chi connectivity index (χ0v) is 13.1. The fraction of sp³-hybridized carbons (Fsp3) is 0.800. The zero-order valence-electron chi connectivity index (χ0n) is 12.3. The topological polar surface area (TPSA) is 35.2 Å². The van der Waals surface area contributed by atoms with Crippen LogP contribution < -0.4 is 0 Å². The number of piperidine rings is 1. The van der Waals surface area contributed by atoms with E-state index in [9.17, 15) is 0 Å². The van der Waals surface area contributed by atoms with Crippen LogP contribution in [0, 0.1) is 0 Å². The van der Waals surface area contributed by atoms with Crippen molar-refractivity contribution in [3.8, 4) is 0 Å². The molecule has 0 bridgehead atoms. The minimum Gasteiger partial charge on any atom is -0.303 e. The van der Waals surface area contributed by atoms with Gasteiger partial charge in [0.15, 0.2) is 0 Å². The molecule has 0 spiro atoms. The van der Waals surface area contributed by atoms with Crippen LogP contribution in [0.4, 0.5) is 0 Å². The number of aryl methyl sites for hydroxylation is 1. The monoisotopic (exact) mass is 294 g/mol. The van der Waals surface area contributed by atoms with Crippen molar-refractivity contribution in [1.29, 1.82) is 0 Å². The lowest BCUT2D eigenvalue weighted by atomic mass is 10.0. The van der Waals surface area contributed by atoms with Gasteiger partial charge in [-0.2, -0.15) is 16.9 Å². The smallest absolute Gasteiger partial charge is 0.0519 e. The maximum absolute atomic E-state index is 4.00. The second-order valence-corrected chi connectivity index (χ2v) is 7.16. The van der Waals surface area contributed by atoms with Gasteiger partial charge in [-0.1, -0.05) is 0 Å². The molecule has 0 aliphatic carbocycles. The third-order valence-electron chi connectivity index (χ3n) is 4.61. The van der Waals surface area contributed by atoms with Gasteiger partial charge >= 0.3 is 0 Å². The van der Waals surface area contributed by atoms with Crippen molar-refractivity contribution in [3.63, 3.8) is 0 Å². The van der Waals surface area contributed by atoms with E-state index in [0.29, 0.717) is 0 Å². The van der Waals surface area contributed by atoms with Crippen molar-refractivity contribution in [2.45, 2.75) is 31.7 Å². The molecule has 0 aromatic carbocycles. The quantitative estimate of drug-likeness (QED) is 0.899. The Kier molecular flexibility index (Phi) is 5.39. The molecular formula is C15H26N4S. The summed E-state index contributed by atoms with van der Waals surface area (Å²) in [5.41, 5.74) is 1.34. The average Bonchev–Trinajstić information content (AvgIpc) is 3.02. The molecule has 2 aliphatic rings. The highest BCUT2D eigenvalue weighted by Gasteiger charge is 2.25. The molecule has 0 saturated carbocycles. The summed E-state index contributed by atoms with van der Waals surface area (Å²) in [6.45, 7) is 6.46. The average molecular weight is 294 g/mol. The second-order valence-electron chi connectivity index (χ2n) is 5.93. The molecule has 2 aliphatic heterocycles. The Bertz CT molecular complexity index is 367. The molecule has 20 heavy (non-hydrogen) atoms. The number of likely N-dealkylation sites (tertiary alicyclic amines) is 1. The summed E-state index contributed by atoms with van der Waals surface area (Å²) in [6, 6.07) is 0.862. The van der Waals surface area contributed by atoms with E-state index >= 15 is 0 Å². The van der Waals surface area contributed by atoms with Gasteiger partial charge in [0.1, 0.15) is 0 Å². The summed E-state index contributed by atoms with van der Waals surface area (Å²) in [5.74, 6) is 2.68. The highest BCUT2D eigenvalue weighted by atomic mass is 32.2. The molecule has 4 nitrogen and oxygen atoms in total.